The van der Waals surface area contributed by atoms with Crippen LogP contribution in [-0.4, -0.2) is 25.4 Å². The van der Waals surface area contributed by atoms with Gasteiger partial charge in [0.25, 0.3) is 0 Å². The van der Waals surface area contributed by atoms with E-state index in [2.05, 4.69) is 88.1 Å². The van der Waals surface area contributed by atoms with Gasteiger partial charge in [0, 0.05) is 6.04 Å². The summed E-state index contributed by atoms with van der Waals surface area (Å²) in [5.74, 6) is 0.604. The van der Waals surface area contributed by atoms with Crippen molar-refractivity contribution in [2.75, 3.05) is 19.3 Å². The van der Waals surface area contributed by atoms with Gasteiger partial charge in [-0.15, -0.1) is 0 Å². The molecule has 24 heavy (non-hydrogen) atoms. The maximum atomic E-state index is 5.42. The molecule has 2 nitrogen and oxygen atoms in total. The molecule has 3 N–H and O–H groups in total. The number of hydrogen-bond donors (Lipinski definition) is 3. The number of fused-ring (bicyclic) bond motifs is 1. The van der Waals surface area contributed by atoms with Gasteiger partial charge in [-0.3, -0.25) is 0 Å². The molecule has 138 valence electrons. The molecular weight excluding hydrogens is 312 g/mol. The van der Waals surface area contributed by atoms with E-state index in [0.29, 0.717) is 12.0 Å². The fraction of sp³-hybridized carbons (Fsp3) is 0.524. The molecule has 0 fully saturated rings. The lowest BCUT2D eigenvalue weighted by Crippen LogP contribution is -2.30. The van der Waals surface area contributed by atoms with Crippen molar-refractivity contribution in [2.24, 2.45) is 11.7 Å². The molecule has 1 unspecified atom stereocenters. The van der Waals surface area contributed by atoms with E-state index < -0.39 is 0 Å². The summed E-state index contributed by atoms with van der Waals surface area (Å²) in [5.41, 5.74) is 6.77. The van der Waals surface area contributed by atoms with Crippen LogP contribution in [0.25, 0.3) is 10.8 Å². The second-order valence-electron chi connectivity index (χ2n) is 5.70. The third-order valence-electron chi connectivity index (χ3n) is 3.28. The molecule has 0 aromatic heterocycles. The largest absolute Gasteiger partial charge is 0.330 e. The highest BCUT2D eigenvalue weighted by atomic mass is 32.1. The lowest BCUT2D eigenvalue weighted by atomic mass is 10.1. The summed E-state index contributed by atoms with van der Waals surface area (Å²) in [4.78, 5) is 0. The fourth-order valence-corrected chi connectivity index (χ4v) is 1.91. The molecule has 0 heterocycles. The van der Waals surface area contributed by atoms with Gasteiger partial charge in [0.15, 0.2) is 0 Å². The van der Waals surface area contributed by atoms with E-state index in [0.717, 1.165) is 13.1 Å². The summed E-state index contributed by atoms with van der Waals surface area (Å²) in [5, 5.41) is 6.00. The van der Waals surface area contributed by atoms with Crippen molar-refractivity contribution in [3.63, 3.8) is 0 Å². The Morgan fingerprint density at radius 3 is 2.00 bits per heavy atom. The molecule has 0 bridgehead atoms. The van der Waals surface area contributed by atoms with Crippen molar-refractivity contribution in [1.29, 1.82) is 0 Å². The molecule has 0 saturated carbocycles. The van der Waals surface area contributed by atoms with Crippen molar-refractivity contribution >= 4 is 23.4 Å². The van der Waals surface area contributed by atoms with Crippen LogP contribution in [0.1, 0.15) is 40.2 Å². The van der Waals surface area contributed by atoms with Gasteiger partial charge in [0.2, 0.25) is 0 Å². The predicted molar refractivity (Wildman–Crippen MR) is 116 cm³/mol. The first kappa shape index (κ1) is 25.2. The van der Waals surface area contributed by atoms with Gasteiger partial charge in [0.05, 0.1) is 0 Å². The van der Waals surface area contributed by atoms with Crippen LogP contribution in [0.5, 0.6) is 0 Å². The van der Waals surface area contributed by atoms with Crippen LogP contribution >= 0.6 is 12.6 Å². The molecule has 0 aliphatic carbocycles. The summed E-state index contributed by atoms with van der Waals surface area (Å²) in [6.07, 6.45) is 1.69. The van der Waals surface area contributed by atoms with E-state index in [1.54, 1.807) is 6.26 Å². The third-order valence-corrected chi connectivity index (χ3v) is 3.28. The second kappa shape index (κ2) is 16.8. The average molecular weight is 351 g/mol. The Morgan fingerprint density at radius 1 is 0.958 bits per heavy atom. The van der Waals surface area contributed by atoms with Crippen LogP contribution in [0, 0.1) is 12.8 Å². The van der Waals surface area contributed by atoms with Gasteiger partial charge < -0.3 is 11.1 Å². The molecule has 3 heteroatoms. The van der Waals surface area contributed by atoms with Gasteiger partial charge in [-0.1, -0.05) is 77.1 Å². The summed E-state index contributed by atoms with van der Waals surface area (Å²) in [7, 11) is 0. The number of benzene rings is 2. The van der Waals surface area contributed by atoms with E-state index in [1.807, 2.05) is 13.8 Å². The van der Waals surface area contributed by atoms with Crippen LogP contribution < -0.4 is 11.1 Å². The third kappa shape index (κ3) is 11.5. The quantitative estimate of drug-likeness (QED) is 0.655. The maximum absolute atomic E-state index is 5.42. The number of thiol groups is 1. The highest BCUT2D eigenvalue weighted by Crippen LogP contribution is 2.16. The minimum Gasteiger partial charge on any atom is -0.330 e. The van der Waals surface area contributed by atoms with E-state index in [1.165, 1.54) is 16.3 Å². The first-order valence-electron chi connectivity index (χ1n) is 8.87. The van der Waals surface area contributed by atoms with Crippen LogP contribution in [0.3, 0.4) is 0 Å². The molecule has 1 atom stereocenters. The van der Waals surface area contributed by atoms with Crippen molar-refractivity contribution in [2.45, 2.75) is 47.6 Å². The average Bonchev–Trinajstić information content (AvgIpc) is 2.64. The number of aryl methyl sites for hydroxylation is 1. The van der Waals surface area contributed by atoms with Crippen LogP contribution in [0.15, 0.2) is 42.5 Å². The van der Waals surface area contributed by atoms with Gasteiger partial charge in [-0.25, -0.2) is 0 Å². The highest BCUT2D eigenvalue weighted by molar-refractivity contribution is 7.79. The zero-order valence-corrected chi connectivity index (χ0v) is 17.5. The first-order valence-corrected chi connectivity index (χ1v) is 9.76. The van der Waals surface area contributed by atoms with E-state index in [-0.39, 0.29) is 0 Å². The monoisotopic (exact) mass is 350 g/mol. The van der Waals surface area contributed by atoms with Gasteiger partial charge in [-0.05, 0) is 48.5 Å². The molecule has 0 spiro atoms. The van der Waals surface area contributed by atoms with E-state index >= 15 is 0 Å². The summed E-state index contributed by atoms with van der Waals surface area (Å²) < 4.78 is 0. The molecule has 2 rings (SSSR count). The molecule has 2 aromatic carbocycles. The van der Waals surface area contributed by atoms with E-state index in [9.17, 15) is 0 Å². The summed E-state index contributed by atoms with van der Waals surface area (Å²) >= 11 is 3.53. The molecule has 0 amide bonds. The second-order valence-corrected chi connectivity index (χ2v) is 5.70. The van der Waals surface area contributed by atoms with Crippen molar-refractivity contribution in [3.8, 4) is 0 Å². The molecule has 2 aromatic rings. The van der Waals surface area contributed by atoms with Crippen molar-refractivity contribution in [3.05, 3.63) is 48.0 Å². The normalized spacial score (nSPS) is 10.6. The zero-order valence-electron chi connectivity index (χ0n) is 16.6. The Hall–Kier alpha value is -1.03. The summed E-state index contributed by atoms with van der Waals surface area (Å²) in [6, 6.07) is 15.4. The van der Waals surface area contributed by atoms with Gasteiger partial charge in [-0.2, -0.15) is 12.6 Å². The zero-order chi connectivity index (χ0) is 19.0. The van der Waals surface area contributed by atoms with Crippen LogP contribution in [-0.2, 0) is 0 Å². The van der Waals surface area contributed by atoms with Crippen LogP contribution in [0.2, 0.25) is 0 Å². The number of nitrogens with one attached hydrogen (secondary N) is 1. The molecular formula is C21H38N2S. The molecule has 0 aliphatic heterocycles. The Labute approximate surface area is 155 Å². The Morgan fingerprint density at radius 2 is 1.50 bits per heavy atom. The van der Waals surface area contributed by atoms with Gasteiger partial charge >= 0.3 is 0 Å². The molecule has 0 radical (unpaired) electrons. The van der Waals surface area contributed by atoms with Crippen LogP contribution in [0.4, 0.5) is 0 Å². The van der Waals surface area contributed by atoms with Crippen molar-refractivity contribution < 1.29 is 0 Å². The number of rotatable bonds is 4. The molecule has 0 aliphatic rings. The Kier molecular flexibility index (Phi) is 17.7. The standard InChI is InChI=1S/C11H10.C7H18N2.C2H6.CH4S/c1-9-5-4-7-10-6-2-3-8-11(9)10;1-6(2)9-5-7(3)4-8;2*1-2/h2-8H,1H3;6-7,9H,4-5,8H2,1-3H3;1-2H3;2H,1H3. The molecule has 0 saturated heterocycles. The van der Waals surface area contributed by atoms with E-state index in [4.69, 9.17) is 5.73 Å². The Balaban J connectivity index is 0. The lowest BCUT2D eigenvalue weighted by molar-refractivity contribution is 0.484. The van der Waals surface area contributed by atoms with Crippen molar-refractivity contribution in [1.82, 2.24) is 5.32 Å². The summed E-state index contributed by atoms with van der Waals surface area (Å²) in [6.45, 7) is 14.4. The maximum Gasteiger partial charge on any atom is 0.00105 e. The number of nitrogens with two attached hydrogens (primary N) is 1. The fourth-order valence-electron chi connectivity index (χ4n) is 1.91. The number of hydrogen-bond acceptors (Lipinski definition) is 3. The lowest BCUT2D eigenvalue weighted by Gasteiger charge is -2.11. The topological polar surface area (TPSA) is 38.0 Å². The first-order chi connectivity index (χ1) is 11.5. The van der Waals surface area contributed by atoms with Gasteiger partial charge in [0.1, 0.15) is 0 Å². The highest BCUT2D eigenvalue weighted by Gasteiger charge is 1.98. The smallest absolute Gasteiger partial charge is 0.00105 e. The Bertz CT molecular complexity index is 507. The minimum atomic E-state index is 0.582. The predicted octanol–water partition coefficient (Wildman–Crippen LogP) is 5.30. The SMILES string of the molecule is CC.CC(CN)CNC(C)C.CS.Cc1cccc2ccccc12. The minimum absolute atomic E-state index is 0.582.